The van der Waals surface area contributed by atoms with Gasteiger partial charge < -0.3 is 16.0 Å². The van der Waals surface area contributed by atoms with Crippen LogP contribution in [-0.2, 0) is 9.59 Å². The summed E-state index contributed by atoms with van der Waals surface area (Å²) in [6.07, 6.45) is 3.55. The van der Waals surface area contributed by atoms with Gasteiger partial charge in [0, 0.05) is 28.8 Å². The summed E-state index contributed by atoms with van der Waals surface area (Å²) < 4.78 is 14.4. The summed E-state index contributed by atoms with van der Waals surface area (Å²) in [6.45, 7) is 0.749. The fourth-order valence-corrected chi connectivity index (χ4v) is 4.62. The summed E-state index contributed by atoms with van der Waals surface area (Å²) in [6, 6.07) is 3.78. The van der Waals surface area contributed by atoms with Crippen LogP contribution < -0.4 is 16.0 Å². The molecule has 2 aliphatic heterocycles. The van der Waals surface area contributed by atoms with Gasteiger partial charge in [-0.2, -0.15) is 4.39 Å². The maximum absolute atomic E-state index is 14.4. The van der Waals surface area contributed by atoms with Crippen molar-refractivity contribution in [2.75, 3.05) is 29.0 Å². The van der Waals surface area contributed by atoms with E-state index in [-0.39, 0.29) is 23.5 Å². The molecule has 0 spiro atoms. The Hall–Kier alpha value is -2.65. The molecule has 1 aromatic heterocycles. The molecule has 2 amide bonds. The topological polar surface area (TPSA) is 104 Å². The van der Waals surface area contributed by atoms with E-state index < -0.39 is 17.9 Å². The van der Waals surface area contributed by atoms with Crippen LogP contribution in [0.5, 0.6) is 0 Å². The van der Waals surface area contributed by atoms with Crippen molar-refractivity contribution < 1.29 is 14.0 Å². The van der Waals surface area contributed by atoms with Gasteiger partial charge in [-0.1, -0.05) is 23.2 Å². The van der Waals surface area contributed by atoms with Crippen molar-refractivity contribution in [1.29, 1.82) is 0 Å². The Morgan fingerprint density at radius 3 is 2.48 bits per heavy atom. The van der Waals surface area contributed by atoms with Crippen LogP contribution in [0.2, 0.25) is 10.0 Å². The Kier molecular flexibility index (Phi) is 6.15. The number of amides is 2. The Morgan fingerprint density at radius 2 is 1.74 bits per heavy atom. The highest BCUT2D eigenvalue weighted by molar-refractivity contribution is 6.35. The number of benzene rings is 1. The van der Waals surface area contributed by atoms with Crippen molar-refractivity contribution in [1.82, 2.24) is 14.9 Å². The largest absolute Gasteiger partial charge is 0.381 e. The van der Waals surface area contributed by atoms with E-state index in [1.165, 1.54) is 4.90 Å². The summed E-state index contributed by atoms with van der Waals surface area (Å²) in [4.78, 5) is 36.7. The van der Waals surface area contributed by atoms with E-state index in [1.807, 2.05) is 0 Å². The molecule has 8 nitrogen and oxygen atoms in total. The molecule has 3 N–H and O–H groups in total. The lowest BCUT2D eigenvalue weighted by Gasteiger charge is -2.41. The maximum atomic E-state index is 14.4. The fourth-order valence-electron chi connectivity index (χ4n) is 4.10. The van der Waals surface area contributed by atoms with Crippen molar-refractivity contribution in [3.05, 3.63) is 40.4 Å². The van der Waals surface area contributed by atoms with Gasteiger partial charge in [0.2, 0.25) is 11.7 Å². The van der Waals surface area contributed by atoms with E-state index in [1.54, 1.807) is 23.1 Å². The molecule has 164 valence electrons. The monoisotopic (exact) mass is 466 g/mol. The lowest BCUT2D eigenvalue weighted by Crippen LogP contribution is -2.59. The van der Waals surface area contributed by atoms with Gasteiger partial charge in [-0.25, -0.2) is 9.97 Å². The maximum Gasteiger partial charge on any atom is 0.251 e. The lowest BCUT2D eigenvalue weighted by atomic mass is 9.97. The number of carbonyl (C=O) groups excluding carboxylic acids is 2. The van der Waals surface area contributed by atoms with E-state index in [4.69, 9.17) is 28.9 Å². The van der Waals surface area contributed by atoms with Crippen molar-refractivity contribution in [3.63, 3.8) is 0 Å². The Labute approximate surface area is 188 Å². The number of hydrogen-bond donors (Lipinski definition) is 2. The molecular weight excluding hydrogens is 446 g/mol. The highest BCUT2D eigenvalue weighted by Gasteiger charge is 2.41. The molecule has 0 saturated carbocycles. The number of halogens is 3. The van der Waals surface area contributed by atoms with Gasteiger partial charge in [0.1, 0.15) is 18.4 Å². The zero-order chi connectivity index (χ0) is 22.1. The molecule has 0 radical (unpaired) electrons. The molecule has 4 rings (SSSR count). The zero-order valence-corrected chi connectivity index (χ0v) is 18.0. The molecule has 2 atom stereocenters. The number of nitrogens with one attached hydrogen (secondary N) is 1. The van der Waals surface area contributed by atoms with Gasteiger partial charge in [-0.15, -0.1) is 0 Å². The second-order valence-corrected chi connectivity index (χ2v) is 8.45. The third-order valence-corrected chi connectivity index (χ3v) is 5.95. The van der Waals surface area contributed by atoms with Crippen LogP contribution >= 0.6 is 23.2 Å². The predicted octanol–water partition coefficient (Wildman–Crippen LogP) is 3.10. The van der Waals surface area contributed by atoms with E-state index >= 15 is 0 Å². The van der Waals surface area contributed by atoms with Crippen LogP contribution in [0.4, 0.5) is 21.7 Å². The summed E-state index contributed by atoms with van der Waals surface area (Å²) in [5.41, 5.74) is 6.16. The molecule has 2 saturated heterocycles. The number of rotatable bonds is 4. The van der Waals surface area contributed by atoms with E-state index in [0.29, 0.717) is 48.1 Å². The summed E-state index contributed by atoms with van der Waals surface area (Å²) >= 11 is 12.1. The van der Waals surface area contributed by atoms with Crippen LogP contribution in [0.1, 0.15) is 25.7 Å². The first-order valence-electron chi connectivity index (χ1n) is 9.95. The standard InChI is InChI=1S/C20H21Cl2FN6O2/c21-11-7-12(22)9-13(8-11)27-14-3-1-5-28(19(14)30)15-4-2-6-29(20(15)31)18-16(23)17(24)25-10-26-18/h7-10,14-15,27H,1-6H2,(H2,24,25,26)/t14-,15-/m1/s1. The second kappa shape index (κ2) is 8.84. The smallest absolute Gasteiger partial charge is 0.251 e. The quantitative estimate of drug-likeness (QED) is 0.716. The van der Waals surface area contributed by atoms with Crippen molar-refractivity contribution in [2.24, 2.45) is 0 Å². The zero-order valence-electron chi connectivity index (χ0n) is 16.5. The van der Waals surface area contributed by atoms with Crippen molar-refractivity contribution >= 4 is 52.3 Å². The van der Waals surface area contributed by atoms with Crippen LogP contribution in [0, 0.1) is 5.82 Å². The van der Waals surface area contributed by atoms with Gasteiger partial charge in [-0.05, 0) is 43.9 Å². The first-order valence-corrected chi connectivity index (χ1v) is 10.7. The third-order valence-electron chi connectivity index (χ3n) is 5.52. The normalized spacial score (nSPS) is 22.0. The highest BCUT2D eigenvalue weighted by atomic mass is 35.5. The number of nitrogens with zero attached hydrogens (tertiary/aromatic N) is 4. The molecule has 0 aliphatic carbocycles. The number of nitrogens with two attached hydrogens (primary N) is 1. The van der Waals surface area contributed by atoms with Crippen LogP contribution in [-0.4, -0.2) is 51.9 Å². The summed E-state index contributed by atoms with van der Waals surface area (Å²) in [5.74, 6) is -1.87. The van der Waals surface area contributed by atoms with Crippen LogP contribution in [0.15, 0.2) is 24.5 Å². The third kappa shape index (κ3) is 4.38. The van der Waals surface area contributed by atoms with E-state index in [0.717, 1.165) is 12.7 Å². The molecule has 2 fully saturated rings. The van der Waals surface area contributed by atoms with Crippen molar-refractivity contribution in [3.8, 4) is 0 Å². The first-order chi connectivity index (χ1) is 14.8. The van der Waals surface area contributed by atoms with Gasteiger partial charge in [-0.3, -0.25) is 14.5 Å². The van der Waals surface area contributed by atoms with Crippen LogP contribution in [0.25, 0.3) is 0 Å². The summed E-state index contributed by atoms with van der Waals surface area (Å²) in [5, 5.41) is 4.09. The molecule has 0 unspecified atom stereocenters. The lowest BCUT2D eigenvalue weighted by molar-refractivity contribution is -0.143. The second-order valence-electron chi connectivity index (χ2n) is 7.57. The SMILES string of the molecule is Nc1ncnc(N2CCC[C@@H](N3CCC[C@@H](Nc4cc(Cl)cc(Cl)c4)C3=O)C2=O)c1F. The van der Waals surface area contributed by atoms with Crippen molar-refractivity contribution in [2.45, 2.75) is 37.8 Å². The number of hydrogen-bond acceptors (Lipinski definition) is 6. The fraction of sp³-hybridized carbons (Fsp3) is 0.400. The minimum absolute atomic E-state index is 0.157. The highest BCUT2D eigenvalue weighted by Crippen LogP contribution is 2.29. The minimum Gasteiger partial charge on any atom is -0.381 e. The summed E-state index contributed by atoms with van der Waals surface area (Å²) in [7, 11) is 0. The number of nitrogen functional groups attached to an aromatic ring is 1. The molecule has 2 aliphatic rings. The van der Waals surface area contributed by atoms with Gasteiger partial charge in [0.25, 0.3) is 5.91 Å². The molecule has 0 bridgehead atoms. The molecule has 31 heavy (non-hydrogen) atoms. The molecule has 1 aromatic carbocycles. The Morgan fingerprint density at radius 1 is 1.03 bits per heavy atom. The number of anilines is 3. The van der Waals surface area contributed by atoms with Crippen LogP contribution in [0.3, 0.4) is 0 Å². The molecular formula is C20H21Cl2FN6O2. The van der Waals surface area contributed by atoms with E-state index in [2.05, 4.69) is 15.3 Å². The number of carbonyl (C=O) groups is 2. The average molecular weight is 467 g/mol. The average Bonchev–Trinajstić information content (AvgIpc) is 2.72. The number of piperidine rings is 2. The first kappa shape index (κ1) is 21.6. The molecule has 2 aromatic rings. The molecule has 11 heteroatoms. The van der Waals surface area contributed by atoms with Gasteiger partial charge >= 0.3 is 0 Å². The molecule has 3 heterocycles. The number of likely N-dealkylation sites (tertiary alicyclic amines) is 1. The Bertz CT molecular complexity index is 1000. The van der Waals surface area contributed by atoms with E-state index in [9.17, 15) is 14.0 Å². The predicted molar refractivity (Wildman–Crippen MR) is 117 cm³/mol. The minimum atomic E-state index is -0.834. The number of aromatic nitrogens is 2. The van der Waals surface area contributed by atoms with Gasteiger partial charge in [0.05, 0.1) is 0 Å². The van der Waals surface area contributed by atoms with Gasteiger partial charge in [0.15, 0.2) is 11.6 Å². The Balaban J connectivity index is 1.53.